The molecule has 9 heteroatoms. The van der Waals surface area contributed by atoms with Crippen molar-refractivity contribution in [2.45, 2.75) is 4.90 Å². The van der Waals surface area contributed by atoms with Crippen LogP contribution in [0.4, 0.5) is 0 Å². The molecule has 0 saturated heterocycles. The fourth-order valence-corrected chi connectivity index (χ4v) is 2.94. The maximum absolute atomic E-state index is 11.5. The summed E-state index contributed by atoms with van der Waals surface area (Å²) in [5.41, 5.74) is 6.72. The average molecular weight is 377 g/mol. The van der Waals surface area contributed by atoms with E-state index in [2.05, 4.69) is 4.98 Å². The molecule has 0 fully saturated rings. The van der Waals surface area contributed by atoms with E-state index in [9.17, 15) is 13.2 Å². The van der Waals surface area contributed by atoms with Crippen molar-refractivity contribution in [3.63, 3.8) is 0 Å². The third kappa shape index (κ3) is 3.55. The van der Waals surface area contributed by atoms with Gasteiger partial charge < -0.3 is 5.73 Å². The van der Waals surface area contributed by atoms with Crippen molar-refractivity contribution in [1.29, 1.82) is 0 Å². The van der Waals surface area contributed by atoms with Gasteiger partial charge in [0.25, 0.3) is 5.91 Å². The van der Waals surface area contributed by atoms with Gasteiger partial charge in [0.2, 0.25) is 10.0 Å². The number of halogens is 1. The summed E-state index contributed by atoms with van der Waals surface area (Å²) in [6.45, 7) is 0. The smallest absolute Gasteiger partial charge is 0.268 e. The van der Waals surface area contributed by atoms with E-state index in [-0.39, 0.29) is 10.6 Å². The van der Waals surface area contributed by atoms with Crippen LogP contribution in [0, 0.1) is 0 Å². The number of amides is 1. The topological polar surface area (TPSA) is 121 Å². The molecule has 25 heavy (non-hydrogen) atoms. The van der Waals surface area contributed by atoms with Crippen LogP contribution in [0.15, 0.2) is 59.6 Å². The average Bonchev–Trinajstić information content (AvgIpc) is 3.00. The molecule has 3 aromatic rings. The van der Waals surface area contributed by atoms with Crippen LogP contribution in [0.3, 0.4) is 0 Å². The zero-order chi connectivity index (χ0) is 18.2. The van der Waals surface area contributed by atoms with Crippen molar-refractivity contribution in [3.05, 3.63) is 65.4 Å². The number of rotatable bonds is 4. The second-order valence-electron chi connectivity index (χ2n) is 5.23. The standard InChI is InChI=1S/C16H13ClN4O3S/c17-11-3-1-10(2-4-11)16-20-14(15(18)22)9-21(16)12-5-7-13(8-6-12)25(19,23)24/h1-9H,(H2,18,22)(H2,19,23,24). The molecule has 4 N–H and O–H groups in total. The molecule has 0 spiro atoms. The molecule has 0 aliphatic rings. The Balaban J connectivity index is 2.14. The quantitative estimate of drug-likeness (QED) is 0.722. The molecule has 0 atom stereocenters. The SMILES string of the molecule is NC(=O)c1cn(-c2ccc(S(N)(=O)=O)cc2)c(-c2ccc(Cl)cc2)n1. The van der Waals surface area contributed by atoms with Crippen LogP contribution in [0.5, 0.6) is 0 Å². The van der Waals surface area contributed by atoms with Gasteiger partial charge in [-0.05, 0) is 48.5 Å². The molecule has 0 radical (unpaired) electrons. The first-order chi connectivity index (χ1) is 11.8. The summed E-state index contributed by atoms with van der Waals surface area (Å²) in [4.78, 5) is 15.7. The first-order valence-electron chi connectivity index (χ1n) is 7.04. The van der Waals surface area contributed by atoms with Crippen LogP contribution >= 0.6 is 11.6 Å². The lowest BCUT2D eigenvalue weighted by atomic mass is 10.2. The number of nitrogens with zero attached hydrogens (tertiary/aromatic N) is 2. The minimum atomic E-state index is -3.79. The summed E-state index contributed by atoms with van der Waals surface area (Å²) in [7, 11) is -3.79. The lowest BCUT2D eigenvalue weighted by Crippen LogP contribution is -2.12. The van der Waals surface area contributed by atoms with Gasteiger partial charge in [-0.25, -0.2) is 18.5 Å². The number of primary sulfonamides is 1. The second-order valence-corrected chi connectivity index (χ2v) is 7.23. The van der Waals surface area contributed by atoms with Gasteiger partial charge in [-0.1, -0.05) is 11.6 Å². The molecule has 0 unspecified atom stereocenters. The van der Waals surface area contributed by atoms with Gasteiger partial charge in [-0.15, -0.1) is 0 Å². The van der Waals surface area contributed by atoms with Crippen LogP contribution < -0.4 is 10.9 Å². The van der Waals surface area contributed by atoms with Crippen molar-refractivity contribution < 1.29 is 13.2 Å². The number of benzene rings is 2. The summed E-state index contributed by atoms with van der Waals surface area (Å²) in [6, 6.07) is 12.8. The van der Waals surface area contributed by atoms with Crippen LogP contribution in [-0.2, 0) is 10.0 Å². The van der Waals surface area contributed by atoms with Crippen molar-refractivity contribution in [1.82, 2.24) is 9.55 Å². The molecular formula is C16H13ClN4O3S. The first-order valence-corrected chi connectivity index (χ1v) is 8.96. The van der Waals surface area contributed by atoms with Crippen LogP contribution in [0.25, 0.3) is 17.1 Å². The van der Waals surface area contributed by atoms with E-state index in [4.69, 9.17) is 22.5 Å². The van der Waals surface area contributed by atoms with Crippen molar-refractivity contribution >= 4 is 27.5 Å². The Kier molecular flexibility index (Phi) is 4.34. The Morgan fingerprint density at radius 2 is 1.64 bits per heavy atom. The highest BCUT2D eigenvalue weighted by atomic mass is 35.5. The highest BCUT2D eigenvalue weighted by Crippen LogP contribution is 2.25. The Morgan fingerprint density at radius 1 is 1.04 bits per heavy atom. The molecule has 2 aromatic carbocycles. The first kappa shape index (κ1) is 17.2. The van der Waals surface area contributed by atoms with Gasteiger partial charge in [0, 0.05) is 22.5 Å². The van der Waals surface area contributed by atoms with Gasteiger partial charge in [0.05, 0.1) is 4.90 Å². The molecule has 0 saturated carbocycles. The Bertz CT molecular complexity index is 1040. The van der Waals surface area contributed by atoms with Crippen molar-refractivity contribution in [2.75, 3.05) is 0 Å². The third-order valence-corrected chi connectivity index (χ3v) is 4.69. The van der Waals surface area contributed by atoms with Crippen LogP contribution in [0.2, 0.25) is 5.02 Å². The van der Waals surface area contributed by atoms with E-state index < -0.39 is 15.9 Å². The summed E-state index contributed by atoms with van der Waals surface area (Å²) in [5.74, 6) is -0.205. The molecular weight excluding hydrogens is 364 g/mol. The fourth-order valence-electron chi connectivity index (χ4n) is 2.29. The Morgan fingerprint density at radius 3 is 2.16 bits per heavy atom. The molecule has 1 aromatic heterocycles. The molecule has 7 nitrogen and oxygen atoms in total. The number of primary amides is 1. The second kappa shape index (κ2) is 6.32. The van der Waals surface area contributed by atoms with Gasteiger partial charge in [-0.3, -0.25) is 9.36 Å². The van der Waals surface area contributed by atoms with E-state index in [0.717, 1.165) is 0 Å². The van der Waals surface area contributed by atoms with E-state index in [1.165, 1.54) is 18.3 Å². The van der Waals surface area contributed by atoms with Gasteiger partial charge in [0.1, 0.15) is 11.5 Å². The van der Waals surface area contributed by atoms with E-state index in [0.29, 0.717) is 22.1 Å². The number of carbonyl (C=O) groups is 1. The highest BCUT2D eigenvalue weighted by Gasteiger charge is 2.15. The predicted molar refractivity (Wildman–Crippen MR) is 93.9 cm³/mol. The predicted octanol–water partition coefficient (Wildman–Crippen LogP) is 1.94. The van der Waals surface area contributed by atoms with Crippen molar-refractivity contribution in [2.24, 2.45) is 10.9 Å². The van der Waals surface area contributed by atoms with E-state index in [1.807, 2.05) is 0 Å². The maximum Gasteiger partial charge on any atom is 0.268 e. The Hall–Kier alpha value is -2.68. The molecule has 0 aliphatic heterocycles. The van der Waals surface area contributed by atoms with E-state index >= 15 is 0 Å². The summed E-state index contributed by atoms with van der Waals surface area (Å²) < 4.78 is 24.4. The summed E-state index contributed by atoms with van der Waals surface area (Å²) in [6.07, 6.45) is 1.48. The molecule has 1 amide bonds. The van der Waals surface area contributed by atoms with Crippen LogP contribution in [0.1, 0.15) is 10.5 Å². The molecule has 0 aliphatic carbocycles. The number of aromatic nitrogens is 2. The molecule has 3 rings (SSSR count). The molecule has 128 valence electrons. The number of sulfonamides is 1. The zero-order valence-corrected chi connectivity index (χ0v) is 14.3. The van der Waals surface area contributed by atoms with Gasteiger partial charge in [0.15, 0.2) is 0 Å². The fraction of sp³-hybridized carbons (Fsp3) is 0. The highest BCUT2D eigenvalue weighted by molar-refractivity contribution is 7.89. The van der Waals surface area contributed by atoms with E-state index in [1.54, 1.807) is 41.0 Å². The van der Waals surface area contributed by atoms with Crippen molar-refractivity contribution in [3.8, 4) is 17.1 Å². The lowest BCUT2D eigenvalue weighted by Gasteiger charge is -2.08. The number of hydrogen-bond donors (Lipinski definition) is 2. The maximum atomic E-state index is 11.5. The number of carbonyl (C=O) groups excluding carboxylic acids is 1. The number of nitrogens with two attached hydrogens (primary N) is 2. The van der Waals surface area contributed by atoms with Gasteiger partial charge >= 0.3 is 0 Å². The minimum absolute atomic E-state index is 0.0143. The Labute approximate surface area is 148 Å². The normalized spacial score (nSPS) is 11.4. The molecule has 0 bridgehead atoms. The van der Waals surface area contributed by atoms with Crippen LogP contribution in [-0.4, -0.2) is 23.9 Å². The lowest BCUT2D eigenvalue weighted by molar-refractivity contribution is 0.0996. The summed E-state index contributed by atoms with van der Waals surface area (Å²) in [5, 5.41) is 5.67. The number of imidazole rings is 1. The summed E-state index contributed by atoms with van der Waals surface area (Å²) >= 11 is 5.90. The molecule has 1 heterocycles. The third-order valence-electron chi connectivity index (χ3n) is 3.50. The van der Waals surface area contributed by atoms with Gasteiger partial charge in [-0.2, -0.15) is 0 Å². The largest absolute Gasteiger partial charge is 0.364 e. The number of hydrogen-bond acceptors (Lipinski definition) is 4. The monoisotopic (exact) mass is 376 g/mol. The zero-order valence-electron chi connectivity index (χ0n) is 12.8. The minimum Gasteiger partial charge on any atom is -0.364 e.